The van der Waals surface area contributed by atoms with Crippen LogP contribution in [-0.4, -0.2) is 68.2 Å². The molecule has 0 radical (unpaired) electrons. The molecule has 2 heterocycles. The molecule has 1 aliphatic rings. The van der Waals surface area contributed by atoms with Gasteiger partial charge in [0.25, 0.3) is 5.56 Å². The zero-order valence-corrected chi connectivity index (χ0v) is 17.4. The number of hydrogen-bond donors (Lipinski definition) is 1. The Morgan fingerprint density at radius 1 is 1.20 bits per heavy atom. The number of methoxy groups -OCH3 is 3. The van der Waals surface area contributed by atoms with E-state index in [0.717, 1.165) is 11.7 Å². The number of amides is 1. The smallest absolute Gasteiger partial charge is 0.332 e. The van der Waals surface area contributed by atoms with Crippen molar-refractivity contribution in [1.29, 1.82) is 0 Å². The van der Waals surface area contributed by atoms with E-state index in [1.54, 1.807) is 0 Å². The van der Waals surface area contributed by atoms with Gasteiger partial charge in [0, 0.05) is 6.07 Å². The number of ether oxygens (including phenoxy) is 3. The first kappa shape index (κ1) is 21.6. The van der Waals surface area contributed by atoms with Crippen LogP contribution in [0, 0.1) is 0 Å². The fraction of sp³-hybridized carbons (Fsp3) is 0.444. The zero-order chi connectivity index (χ0) is 22.1. The van der Waals surface area contributed by atoms with E-state index in [9.17, 15) is 22.8 Å². The maximum atomic E-state index is 12.8. The molecule has 0 bridgehead atoms. The highest BCUT2D eigenvalue weighted by atomic mass is 32.2. The van der Waals surface area contributed by atoms with Crippen LogP contribution in [0.25, 0.3) is 10.9 Å². The van der Waals surface area contributed by atoms with Gasteiger partial charge in [0.1, 0.15) is 6.54 Å². The summed E-state index contributed by atoms with van der Waals surface area (Å²) in [4.78, 5) is 41.7. The Morgan fingerprint density at radius 3 is 2.43 bits per heavy atom. The maximum Gasteiger partial charge on any atom is 0.332 e. The van der Waals surface area contributed by atoms with E-state index < -0.39 is 45.1 Å². The monoisotopic (exact) mass is 439 g/mol. The van der Waals surface area contributed by atoms with E-state index in [4.69, 9.17) is 9.47 Å². The van der Waals surface area contributed by atoms with Crippen molar-refractivity contribution in [3.05, 3.63) is 28.8 Å². The molecular weight excluding hydrogens is 418 g/mol. The molecule has 12 heteroatoms. The lowest BCUT2D eigenvalue weighted by molar-refractivity contribution is -0.149. The van der Waals surface area contributed by atoms with Gasteiger partial charge in [-0.1, -0.05) is 0 Å². The molecule has 11 nitrogen and oxygen atoms in total. The van der Waals surface area contributed by atoms with E-state index in [-0.39, 0.29) is 17.6 Å². The van der Waals surface area contributed by atoms with Crippen LogP contribution in [0.1, 0.15) is 6.42 Å². The van der Waals surface area contributed by atoms with Gasteiger partial charge >= 0.3 is 5.97 Å². The van der Waals surface area contributed by atoms with Gasteiger partial charge in [0.05, 0.1) is 50.1 Å². The highest BCUT2D eigenvalue weighted by molar-refractivity contribution is 7.91. The van der Waals surface area contributed by atoms with Gasteiger partial charge in [0.2, 0.25) is 5.91 Å². The van der Waals surface area contributed by atoms with E-state index in [2.05, 4.69) is 15.0 Å². The van der Waals surface area contributed by atoms with Gasteiger partial charge in [-0.3, -0.25) is 14.2 Å². The molecule has 0 aliphatic carbocycles. The molecule has 1 N–H and O–H groups in total. The van der Waals surface area contributed by atoms with Crippen molar-refractivity contribution in [2.24, 2.45) is 0 Å². The number of carbonyl (C=O) groups excluding carboxylic acids is 2. The van der Waals surface area contributed by atoms with Crippen molar-refractivity contribution in [1.82, 2.24) is 14.9 Å². The van der Waals surface area contributed by atoms with Crippen molar-refractivity contribution >= 4 is 32.6 Å². The van der Waals surface area contributed by atoms with Crippen molar-refractivity contribution in [2.45, 2.75) is 18.5 Å². The lowest BCUT2D eigenvalue weighted by Gasteiger charge is -2.26. The third-order valence-corrected chi connectivity index (χ3v) is 6.66. The number of sulfone groups is 1. The van der Waals surface area contributed by atoms with Crippen LogP contribution in [-0.2, 0) is 30.7 Å². The predicted molar refractivity (Wildman–Crippen MR) is 105 cm³/mol. The topological polar surface area (TPSA) is 143 Å². The third-order valence-electron chi connectivity index (χ3n) is 4.90. The summed E-state index contributed by atoms with van der Waals surface area (Å²) in [5, 5.41) is 2.64. The minimum absolute atomic E-state index is 0.102. The van der Waals surface area contributed by atoms with E-state index in [1.165, 1.54) is 32.7 Å². The first-order chi connectivity index (χ1) is 14.1. The fourth-order valence-electron chi connectivity index (χ4n) is 3.41. The molecule has 1 unspecified atom stereocenters. The van der Waals surface area contributed by atoms with Gasteiger partial charge < -0.3 is 19.5 Å². The van der Waals surface area contributed by atoms with Gasteiger partial charge in [0.15, 0.2) is 26.9 Å². The highest BCUT2D eigenvalue weighted by Crippen LogP contribution is 2.30. The summed E-state index contributed by atoms with van der Waals surface area (Å²) < 4.78 is 39.9. The molecule has 1 amide bonds. The Labute approximate surface area is 171 Å². The summed E-state index contributed by atoms with van der Waals surface area (Å²) in [6, 6.07) is 2.99. The summed E-state index contributed by atoms with van der Waals surface area (Å²) in [7, 11) is 0.489. The molecule has 1 aromatic carbocycles. The van der Waals surface area contributed by atoms with E-state index in [0.29, 0.717) is 17.0 Å². The highest BCUT2D eigenvalue weighted by Gasteiger charge is 2.50. The zero-order valence-electron chi connectivity index (χ0n) is 16.6. The van der Waals surface area contributed by atoms with E-state index >= 15 is 0 Å². The standard InChI is InChI=1S/C18H21N3O8S/c1-27-13-6-11-12(7-14(13)28-2)19-10-21(16(11)23)8-15(22)20-18(17(24)29-3)4-5-30(25,26)9-18/h6-7,10H,4-5,8-9H2,1-3H3,(H,20,22). The average molecular weight is 439 g/mol. The molecular formula is C18H21N3O8S. The number of rotatable bonds is 6. The van der Waals surface area contributed by atoms with Crippen LogP contribution >= 0.6 is 0 Å². The fourth-order valence-corrected chi connectivity index (χ4v) is 5.30. The number of aromatic nitrogens is 2. The van der Waals surface area contributed by atoms with Crippen LogP contribution in [0.3, 0.4) is 0 Å². The summed E-state index contributed by atoms with van der Waals surface area (Å²) >= 11 is 0. The number of hydrogen-bond acceptors (Lipinski definition) is 9. The second-order valence-corrected chi connectivity index (χ2v) is 9.05. The minimum atomic E-state index is -3.50. The van der Waals surface area contributed by atoms with Crippen LogP contribution in [0.15, 0.2) is 23.3 Å². The molecule has 0 spiro atoms. The Kier molecular flexibility index (Phi) is 5.70. The molecule has 1 atom stereocenters. The molecule has 162 valence electrons. The Hall–Kier alpha value is -3.15. The SMILES string of the molecule is COC(=O)C1(NC(=O)Cn2cnc3cc(OC)c(OC)cc3c2=O)CCS(=O)(=O)C1. The van der Waals surface area contributed by atoms with Gasteiger partial charge in [-0.05, 0) is 12.5 Å². The Bertz CT molecular complexity index is 1170. The van der Waals surface area contributed by atoms with Crippen LogP contribution in [0.4, 0.5) is 0 Å². The van der Waals surface area contributed by atoms with Crippen molar-refractivity contribution in [3.63, 3.8) is 0 Å². The molecule has 1 aromatic heterocycles. The van der Waals surface area contributed by atoms with Gasteiger partial charge in [-0.25, -0.2) is 18.2 Å². The Balaban J connectivity index is 1.90. The van der Waals surface area contributed by atoms with Crippen molar-refractivity contribution in [3.8, 4) is 11.5 Å². The largest absolute Gasteiger partial charge is 0.493 e. The summed E-state index contributed by atoms with van der Waals surface area (Å²) in [5.41, 5.74) is -1.83. The Morgan fingerprint density at radius 2 is 1.87 bits per heavy atom. The molecule has 1 saturated heterocycles. The molecule has 1 fully saturated rings. The molecule has 30 heavy (non-hydrogen) atoms. The molecule has 2 aromatic rings. The number of esters is 1. The number of benzene rings is 1. The summed E-state index contributed by atoms with van der Waals surface area (Å²) in [6.45, 7) is -0.463. The predicted octanol–water partition coefficient (Wildman–Crippen LogP) is -0.740. The molecule has 0 saturated carbocycles. The van der Waals surface area contributed by atoms with Crippen molar-refractivity contribution < 1.29 is 32.2 Å². The third kappa shape index (κ3) is 3.95. The quantitative estimate of drug-likeness (QED) is 0.576. The van der Waals surface area contributed by atoms with Crippen LogP contribution in [0.5, 0.6) is 11.5 Å². The van der Waals surface area contributed by atoms with Crippen LogP contribution in [0.2, 0.25) is 0 Å². The molecule has 1 aliphatic heterocycles. The minimum Gasteiger partial charge on any atom is -0.493 e. The summed E-state index contributed by atoms with van der Waals surface area (Å²) in [5.74, 6) is -1.65. The second kappa shape index (κ2) is 7.94. The number of carbonyl (C=O) groups is 2. The first-order valence-corrected chi connectivity index (χ1v) is 10.7. The molecule has 3 rings (SSSR count). The van der Waals surface area contributed by atoms with Crippen LogP contribution < -0.4 is 20.3 Å². The summed E-state index contributed by atoms with van der Waals surface area (Å²) in [6.07, 6.45) is 1.09. The van der Waals surface area contributed by atoms with Gasteiger partial charge in [-0.15, -0.1) is 0 Å². The van der Waals surface area contributed by atoms with Crippen molar-refractivity contribution in [2.75, 3.05) is 32.8 Å². The normalized spacial score (nSPS) is 20.0. The van der Waals surface area contributed by atoms with Gasteiger partial charge in [-0.2, -0.15) is 0 Å². The maximum absolute atomic E-state index is 12.8. The first-order valence-electron chi connectivity index (χ1n) is 8.86. The lowest BCUT2D eigenvalue weighted by Crippen LogP contribution is -2.57. The lowest BCUT2D eigenvalue weighted by atomic mass is 9.99. The number of nitrogens with one attached hydrogen (secondary N) is 1. The second-order valence-electron chi connectivity index (χ2n) is 6.87. The number of fused-ring (bicyclic) bond motifs is 1. The van der Waals surface area contributed by atoms with E-state index in [1.807, 2.05) is 0 Å². The number of nitrogens with zero attached hydrogens (tertiary/aromatic N) is 2. The average Bonchev–Trinajstić information content (AvgIpc) is 3.03.